The van der Waals surface area contributed by atoms with Gasteiger partial charge in [0, 0.05) is 13.1 Å². The van der Waals surface area contributed by atoms with E-state index >= 15 is 4.39 Å². The molecule has 0 radical (unpaired) electrons. The molecule has 1 amide bonds. The first-order chi connectivity index (χ1) is 15.6. The lowest BCUT2D eigenvalue weighted by molar-refractivity contribution is 0.0509. The summed E-state index contributed by atoms with van der Waals surface area (Å²) in [5.41, 5.74) is 12.2. The number of nitrogens with two attached hydrogens (primary N) is 2. The first kappa shape index (κ1) is 23.1. The van der Waals surface area contributed by atoms with E-state index in [2.05, 4.69) is 10.3 Å². The second kappa shape index (κ2) is 8.72. The summed E-state index contributed by atoms with van der Waals surface area (Å²) in [6, 6.07) is 4.81. The van der Waals surface area contributed by atoms with Crippen molar-refractivity contribution >= 4 is 29.4 Å². The van der Waals surface area contributed by atoms with Crippen molar-refractivity contribution in [1.29, 1.82) is 0 Å². The molecule has 2 heterocycles. The maximum Gasteiger partial charge on any atom is 0.407 e. The van der Waals surface area contributed by atoms with Crippen molar-refractivity contribution in [3.63, 3.8) is 0 Å². The Bertz CT molecular complexity index is 966. The van der Waals surface area contributed by atoms with Gasteiger partial charge in [0.1, 0.15) is 17.1 Å². The molecule has 10 heteroatoms. The smallest absolute Gasteiger partial charge is 0.407 e. The summed E-state index contributed by atoms with van der Waals surface area (Å²) in [5.74, 6) is 0.0250. The minimum atomic E-state index is -0.662. The van der Waals surface area contributed by atoms with Crippen molar-refractivity contribution < 1.29 is 13.9 Å². The van der Waals surface area contributed by atoms with E-state index in [1.165, 1.54) is 6.07 Å². The van der Waals surface area contributed by atoms with Gasteiger partial charge < -0.3 is 26.4 Å². The van der Waals surface area contributed by atoms with Gasteiger partial charge in [0.15, 0.2) is 0 Å². The zero-order chi connectivity index (χ0) is 23.8. The maximum absolute atomic E-state index is 15.3. The molecule has 1 aromatic carbocycles. The molecule has 1 spiro atoms. The molecular weight excluding hydrogens is 425 g/mol. The van der Waals surface area contributed by atoms with Gasteiger partial charge in [-0.05, 0) is 65.0 Å². The summed E-state index contributed by atoms with van der Waals surface area (Å²) in [7, 11) is 0. The highest BCUT2D eigenvalue weighted by molar-refractivity contribution is 6.07. The second-order valence-corrected chi connectivity index (χ2v) is 10.0. The topological polar surface area (TPSA) is 122 Å². The van der Waals surface area contributed by atoms with Crippen LogP contribution in [0.2, 0.25) is 0 Å². The molecule has 1 saturated carbocycles. The van der Waals surface area contributed by atoms with Crippen LogP contribution in [0.15, 0.2) is 28.2 Å². The average molecular weight is 460 g/mol. The number of guanidine groups is 2. The lowest BCUT2D eigenvalue weighted by atomic mass is 9.87. The van der Waals surface area contributed by atoms with Crippen LogP contribution in [0.25, 0.3) is 0 Å². The van der Waals surface area contributed by atoms with E-state index in [1.807, 2.05) is 36.6 Å². The number of aliphatic imine (C=N–C) groups is 2. The molecule has 4 rings (SSSR count). The minimum absolute atomic E-state index is 0.156. The molecule has 1 atom stereocenters. The number of rotatable bonds is 3. The number of nitrogens with one attached hydrogen (secondary N) is 1. The van der Waals surface area contributed by atoms with Gasteiger partial charge >= 0.3 is 6.09 Å². The molecule has 3 aliphatic rings. The van der Waals surface area contributed by atoms with Crippen molar-refractivity contribution in [1.82, 2.24) is 5.32 Å². The fraction of sp³-hybridized carbons (Fsp3) is 0.609. The third-order valence-corrected chi connectivity index (χ3v) is 6.28. The molecule has 1 aromatic rings. The van der Waals surface area contributed by atoms with Crippen LogP contribution in [0.1, 0.15) is 59.3 Å². The number of nitrogens with zero attached hydrogens (tertiary/aromatic N) is 4. The Balaban J connectivity index is 1.62. The van der Waals surface area contributed by atoms with Gasteiger partial charge in [0.2, 0.25) is 11.9 Å². The summed E-state index contributed by atoms with van der Waals surface area (Å²) in [6.45, 7) is 6.49. The van der Waals surface area contributed by atoms with E-state index in [9.17, 15) is 4.79 Å². The number of benzene rings is 1. The van der Waals surface area contributed by atoms with Crippen molar-refractivity contribution in [3.8, 4) is 0 Å². The molecular formula is C23H34FN7O2. The van der Waals surface area contributed by atoms with E-state index in [4.69, 9.17) is 21.2 Å². The van der Waals surface area contributed by atoms with Crippen molar-refractivity contribution in [3.05, 3.63) is 24.0 Å². The highest BCUT2D eigenvalue weighted by atomic mass is 19.1. The third kappa shape index (κ3) is 4.84. The Morgan fingerprint density at radius 2 is 1.97 bits per heavy atom. The Kier molecular flexibility index (Phi) is 6.11. The Labute approximate surface area is 194 Å². The second-order valence-electron chi connectivity index (χ2n) is 10.0. The van der Waals surface area contributed by atoms with Crippen LogP contribution in [-0.4, -0.2) is 48.4 Å². The number of alkyl carbamates (subject to hydrolysis) is 1. The van der Waals surface area contributed by atoms with E-state index in [1.54, 1.807) is 6.07 Å². The SMILES string of the molecule is CC(C)(C)OC(=O)NC1CCN(c2c(F)cccc2N2C(N)=NC(N)=NC23CCCCC3)C1. The highest BCUT2D eigenvalue weighted by Crippen LogP contribution is 2.44. The first-order valence-electron chi connectivity index (χ1n) is 11.6. The molecule has 1 saturated heterocycles. The summed E-state index contributed by atoms with van der Waals surface area (Å²) in [4.78, 5) is 24.9. The fourth-order valence-electron chi connectivity index (χ4n) is 5.02. The van der Waals surface area contributed by atoms with Gasteiger partial charge in [0.25, 0.3) is 0 Å². The predicted molar refractivity (Wildman–Crippen MR) is 128 cm³/mol. The minimum Gasteiger partial charge on any atom is -0.444 e. The van der Waals surface area contributed by atoms with Crippen LogP contribution in [0.5, 0.6) is 0 Å². The summed E-state index contributed by atoms with van der Waals surface area (Å²) in [5, 5.41) is 2.90. The summed E-state index contributed by atoms with van der Waals surface area (Å²) < 4.78 is 20.7. The lowest BCUT2D eigenvalue weighted by Gasteiger charge is -2.46. The highest BCUT2D eigenvalue weighted by Gasteiger charge is 2.44. The van der Waals surface area contributed by atoms with Gasteiger partial charge in [0.05, 0.1) is 17.4 Å². The monoisotopic (exact) mass is 459 g/mol. The van der Waals surface area contributed by atoms with Crippen LogP contribution < -0.4 is 26.6 Å². The Morgan fingerprint density at radius 3 is 2.67 bits per heavy atom. The maximum atomic E-state index is 15.3. The largest absolute Gasteiger partial charge is 0.444 e. The molecule has 9 nitrogen and oxygen atoms in total. The zero-order valence-corrected chi connectivity index (χ0v) is 19.6. The number of hydrogen-bond donors (Lipinski definition) is 3. The van der Waals surface area contributed by atoms with Crippen LogP contribution >= 0.6 is 0 Å². The van der Waals surface area contributed by atoms with Gasteiger partial charge in [-0.2, -0.15) is 4.99 Å². The number of ether oxygens (including phenoxy) is 1. The number of carbonyl (C=O) groups excluding carboxylic acids is 1. The van der Waals surface area contributed by atoms with E-state index < -0.39 is 17.4 Å². The van der Waals surface area contributed by atoms with Gasteiger partial charge in [-0.25, -0.2) is 14.2 Å². The number of amides is 1. The van der Waals surface area contributed by atoms with Gasteiger partial charge in [-0.3, -0.25) is 4.90 Å². The molecule has 1 aliphatic carbocycles. The predicted octanol–water partition coefficient (Wildman–Crippen LogP) is 3.04. The lowest BCUT2D eigenvalue weighted by Crippen LogP contribution is -2.58. The standard InChI is InChI=1S/C23H34FN7O2/c1-22(2,3)33-21(32)27-15-10-13-30(14-15)18-16(24)8-7-9-17(18)31-20(26)28-19(25)29-23(31)11-5-4-6-12-23/h7-9,15H,4-6,10-14H2,1-3H3,(H,27,32)(H4,25,26,28,29). The van der Waals surface area contributed by atoms with Crippen molar-refractivity contribution in [2.75, 3.05) is 22.9 Å². The third-order valence-electron chi connectivity index (χ3n) is 6.28. The van der Waals surface area contributed by atoms with Crippen molar-refractivity contribution in [2.45, 2.75) is 76.6 Å². The molecule has 180 valence electrons. The number of carbonyl (C=O) groups is 1. The quantitative estimate of drug-likeness (QED) is 0.639. The Morgan fingerprint density at radius 1 is 1.24 bits per heavy atom. The van der Waals surface area contributed by atoms with Crippen LogP contribution in [0.4, 0.5) is 20.6 Å². The van der Waals surface area contributed by atoms with Gasteiger partial charge in [-0.1, -0.05) is 12.5 Å². The molecule has 0 aromatic heterocycles. The molecule has 0 bridgehead atoms. The molecule has 33 heavy (non-hydrogen) atoms. The molecule has 1 unspecified atom stereocenters. The average Bonchev–Trinajstić information content (AvgIpc) is 3.14. The fourth-order valence-corrected chi connectivity index (χ4v) is 5.02. The first-order valence-corrected chi connectivity index (χ1v) is 11.6. The van der Waals surface area contributed by atoms with Crippen LogP contribution in [-0.2, 0) is 4.74 Å². The van der Waals surface area contributed by atoms with Gasteiger partial charge in [-0.15, -0.1) is 0 Å². The van der Waals surface area contributed by atoms with Crippen LogP contribution in [0.3, 0.4) is 0 Å². The van der Waals surface area contributed by atoms with E-state index in [-0.39, 0.29) is 23.8 Å². The number of para-hydroxylation sites is 1. The Hall–Kier alpha value is -3.04. The zero-order valence-electron chi connectivity index (χ0n) is 19.6. The normalized spacial score (nSPS) is 22.7. The molecule has 2 fully saturated rings. The number of anilines is 2. The summed E-state index contributed by atoms with van der Waals surface area (Å²) in [6.07, 6.45) is 4.81. The molecule has 2 aliphatic heterocycles. The van der Waals surface area contributed by atoms with E-state index in [0.717, 1.165) is 32.1 Å². The number of hydrogen-bond acceptors (Lipinski definition) is 8. The molecule has 5 N–H and O–H groups in total. The van der Waals surface area contributed by atoms with E-state index in [0.29, 0.717) is 30.9 Å². The number of halogens is 1. The van der Waals surface area contributed by atoms with Crippen LogP contribution in [0, 0.1) is 5.82 Å². The van der Waals surface area contributed by atoms with Crippen molar-refractivity contribution in [2.24, 2.45) is 21.5 Å². The summed E-state index contributed by atoms with van der Waals surface area (Å²) >= 11 is 0.